The monoisotopic (exact) mass is 322 g/mol. The highest BCUT2D eigenvalue weighted by Crippen LogP contribution is 2.32. The molecule has 0 spiro atoms. The van der Waals surface area contributed by atoms with Gasteiger partial charge in [-0.3, -0.25) is 4.90 Å². The van der Waals surface area contributed by atoms with Crippen LogP contribution in [0.2, 0.25) is 5.02 Å². The number of hydrogen-bond acceptors (Lipinski definition) is 3. The third-order valence-electron chi connectivity index (χ3n) is 3.84. The Bertz CT molecular complexity index is 541. The minimum atomic E-state index is 0.0739. The van der Waals surface area contributed by atoms with E-state index in [9.17, 15) is 0 Å². The van der Waals surface area contributed by atoms with E-state index >= 15 is 0 Å². The van der Waals surface area contributed by atoms with Gasteiger partial charge in [0.1, 0.15) is 0 Å². The Morgan fingerprint density at radius 1 is 1.19 bits per heavy atom. The lowest BCUT2D eigenvalue weighted by molar-refractivity contribution is 0.171. The van der Waals surface area contributed by atoms with Gasteiger partial charge in [-0.25, -0.2) is 0 Å². The Kier molecular flexibility index (Phi) is 6.24. The van der Waals surface area contributed by atoms with Crippen LogP contribution in [0.1, 0.15) is 36.8 Å². The van der Waals surface area contributed by atoms with Gasteiger partial charge in [-0.2, -0.15) is 0 Å². The van der Waals surface area contributed by atoms with E-state index < -0.39 is 0 Å². The molecule has 2 unspecified atom stereocenters. The Balaban J connectivity index is 2.31. The zero-order valence-corrected chi connectivity index (χ0v) is 14.2. The molecule has 4 heteroatoms. The third kappa shape index (κ3) is 4.07. The Morgan fingerprint density at radius 2 is 1.95 bits per heavy atom. The van der Waals surface area contributed by atoms with Crippen molar-refractivity contribution in [3.05, 3.63) is 57.2 Å². The van der Waals surface area contributed by atoms with E-state index in [0.29, 0.717) is 0 Å². The molecule has 0 aliphatic heterocycles. The minimum Gasteiger partial charge on any atom is -0.326 e. The largest absolute Gasteiger partial charge is 0.326 e. The molecule has 2 atom stereocenters. The number of rotatable bonds is 7. The molecular formula is C17H23ClN2S. The molecule has 0 saturated heterocycles. The molecule has 2 aromatic rings. The van der Waals surface area contributed by atoms with E-state index in [1.807, 2.05) is 18.2 Å². The smallest absolute Gasteiger partial charge is 0.0517 e. The number of thiophene rings is 1. The van der Waals surface area contributed by atoms with Crippen LogP contribution in [0.3, 0.4) is 0 Å². The van der Waals surface area contributed by atoms with Crippen LogP contribution >= 0.6 is 22.9 Å². The molecule has 2 rings (SSSR count). The fourth-order valence-electron chi connectivity index (χ4n) is 2.65. The highest BCUT2D eigenvalue weighted by molar-refractivity contribution is 7.09. The molecule has 0 bridgehead atoms. The zero-order valence-electron chi connectivity index (χ0n) is 12.6. The average Bonchev–Trinajstić information content (AvgIpc) is 3.01. The van der Waals surface area contributed by atoms with Crippen LogP contribution in [0.25, 0.3) is 0 Å². The van der Waals surface area contributed by atoms with Gasteiger partial charge in [0.05, 0.1) is 6.04 Å². The lowest BCUT2D eigenvalue weighted by Gasteiger charge is -2.35. The molecule has 0 radical (unpaired) electrons. The first kappa shape index (κ1) is 16.5. The fourth-order valence-corrected chi connectivity index (χ4v) is 3.62. The number of likely N-dealkylation sites (N-methyl/N-ethyl adjacent to an activating group) is 1. The molecule has 114 valence electrons. The van der Waals surface area contributed by atoms with Crippen molar-refractivity contribution in [3.63, 3.8) is 0 Å². The third-order valence-corrected chi connectivity index (χ3v) is 5.04. The summed E-state index contributed by atoms with van der Waals surface area (Å²) in [6, 6.07) is 12.5. The predicted octanol–water partition coefficient (Wildman–Crippen LogP) is 4.70. The molecule has 1 aromatic heterocycles. The summed E-state index contributed by atoms with van der Waals surface area (Å²) in [6.07, 6.45) is 0.927. The van der Waals surface area contributed by atoms with Gasteiger partial charge < -0.3 is 5.73 Å². The Morgan fingerprint density at radius 3 is 2.52 bits per heavy atom. The lowest BCUT2D eigenvalue weighted by atomic mass is 9.96. The molecule has 0 amide bonds. The Hall–Kier alpha value is -0.870. The van der Waals surface area contributed by atoms with E-state index in [1.54, 1.807) is 11.3 Å². The van der Waals surface area contributed by atoms with E-state index in [2.05, 4.69) is 42.3 Å². The predicted molar refractivity (Wildman–Crippen MR) is 92.9 cm³/mol. The summed E-state index contributed by atoms with van der Waals surface area (Å²) in [5.41, 5.74) is 7.56. The molecule has 2 N–H and O–H groups in total. The summed E-state index contributed by atoms with van der Waals surface area (Å²) in [6.45, 7) is 6.17. The number of halogens is 1. The molecule has 2 nitrogen and oxygen atoms in total. The molecule has 1 heterocycles. The van der Waals surface area contributed by atoms with E-state index in [-0.39, 0.29) is 12.1 Å². The maximum absolute atomic E-state index is 6.43. The standard InChI is InChI=1S/C17H23ClN2S/c1-3-16(19)17(14-9-5-6-10-15(14)18)20(4-2)12-13-8-7-11-21-13/h5-11,16-17H,3-4,12,19H2,1-2H3. The maximum atomic E-state index is 6.43. The van der Waals surface area contributed by atoms with Gasteiger partial charge in [0, 0.05) is 22.5 Å². The van der Waals surface area contributed by atoms with Gasteiger partial charge in [-0.1, -0.05) is 49.7 Å². The summed E-state index contributed by atoms with van der Waals surface area (Å²) < 4.78 is 0. The molecule has 1 aromatic carbocycles. The first-order chi connectivity index (χ1) is 10.2. The molecule has 21 heavy (non-hydrogen) atoms. The average molecular weight is 323 g/mol. The maximum Gasteiger partial charge on any atom is 0.0517 e. The second-order valence-electron chi connectivity index (χ2n) is 5.18. The van der Waals surface area contributed by atoms with Crippen LogP contribution in [0, 0.1) is 0 Å². The van der Waals surface area contributed by atoms with Crippen LogP contribution in [0.5, 0.6) is 0 Å². The van der Waals surface area contributed by atoms with E-state index in [1.165, 1.54) is 4.88 Å². The molecule has 0 fully saturated rings. The van der Waals surface area contributed by atoms with Crippen molar-refractivity contribution in [1.82, 2.24) is 4.90 Å². The van der Waals surface area contributed by atoms with Crippen molar-refractivity contribution < 1.29 is 0 Å². The summed E-state index contributed by atoms with van der Waals surface area (Å²) in [4.78, 5) is 3.78. The fraction of sp³-hybridized carbons (Fsp3) is 0.412. The van der Waals surface area contributed by atoms with Crippen LogP contribution in [0.15, 0.2) is 41.8 Å². The van der Waals surface area contributed by atoms with Crippen molar-refractivity contribution >= 4 is 22.9 Å². The molecule has 0 aliphatic carbocycles. The summed E-state index contributed by atoms with van der Waals surface area (Å²) in [5.74, 6) is 0. The van der Waals surface area contributed by atoms with Crippen molar-refractivity contribution in [2.24, 2.45) is 5.73 Å². The van der Waals surface area contributed by atoms with Crippen LogP contribution in [0.4, 0.5) is 0 Å². The number of nitrogens with zero attached hydrogens (tertiary/aromatic N) is 1. The van der Waals surface area contributed by atoms with Crippen molar-refractivity contribution in [1.29, 1.82) is 0 Å². The summed E-state index contributed by atoms with van der Waals surface area (Å²) in [7, 11) is 0. The summed E-state index contributed by atoms with van der Waals surface area (Å²) >= 11 is 8.21. The van der Waals surface area contributed by atoms with E-state index in [4.69, 9.17) is 17.3 Å². The minimum absolute atomic E-state index is 0.0739. The van der Waals surface area contributed by atoms with Crippen LogP contribution in [-0.2, 0) is 6.54 Å². The molecule has 0 saturated carbocycles. The van der Waals surface area contributed by atoms with Gasteiger partial charge in [-0.15, -0.1) is 11.3 Å². The quantitative estimate of drug-likeness (QED) is 0.800. The number of hydrogen-bond donors (Lipinski definition) is 1. The molecule has 0 aliphatic rings. The second-order valence-corrected chi connectivity index (χ2v) is 6.62. The van der Waals surface area contributed by atoms with Gasteiger partial charge in [0.25, 0.3) is 0 Å². The number of nitrogens with two attached hydrogens (primary N) is 1. The highest BCUT2D eigenvalue weighted by atomic mass is 35.5. The van der Waals surface area contributed by atoms with Crippen LogP contribution in [-0.4, -0.2) is 17.5 Å². The van der Waals surface area contributed by atoms with Crippen molar-refractivity contribution in [2.45, 2.75) is 38.9 Å². The van der Waals surface area contributed by atoms with Crippen molar-refractivity contribution in [2.75, 3.05) is 6.54 Å². The normalized spacial score (nSPS) is 14.3. The van der Waals surface area contributed by atoms with Crippen molar-refractivity contribution in [3.8, 4) is 0 Å². The van der Waals surface area contributed by atoms with Gasteiger partial charge >= 0.3 is 0 Å². The second kappa shape index (κ2) is 7.95. The van der Waals surface area contributed by atoms with Gasteiger partial charge in [-0.05, 0) is 36.0 Å². The molecular weight excluding hydrogens is 300 g/mol. The number of benzene rings is 1. The Labute approximate surface area is 136 Å². The first-order valence-electron chi connectivity index (χ1n) is 7.43. The zero-order chi connectivity index (χ0) is 15.2. The first-order valence-corrected chi connectivity index (χ1v) is 8.69. The SMILES string of the molecule is CCC(N)C(c1ccccc1Cl)N(CC)Cc1cccs1. The van der Waals surface area contributed by atoms with Crippen LogP contribution < -0.4 is 5.73 Å². The summed E-state index contributed by atoms with van der Waals surface area (Å²) in [5, 5.41) is 2.92. The topological polar surface area (TPSA) is 29.3 Å². The van der Waals surface area contributed by atoms with Gasteiger partial charge in [0.2, 0.25) is 0 Å². The highest BCUT2D eigenvalue weighted by Gasteiger charge is 2.26. The van der Waals surface area contributed by atoms with Gasteiger partial charge in [0.15, 0.2) is 0 Å². The lowest BCUT2D eigenvalue weighted by Crippen LogP contribution is -2.40. The van der Waals surface area contributed by atoms with E-state index in [0.717, 1.165) is 30.1 Å².